The molecule has 1 atom stereocenters. The summed E-state index contributed by atoms with van der Waals surface area (Å²) in [6, 6.07) is 18.0. The van der Waals surface area contributed by atoms with Gasteiger partial charge < -0.3 is 13.9 Å². The molecule has 8 heteroatoms. The first-order valence-electron chi connectivity index (χ1n) is 10.9. The van der Waals surface area contributed by atoms with Gasteiger partial charge in [-0.05, 0) is 73.2 Å². The van der Waals surface area contributed by atoms with Crippen LogP contribution in [0.2, 0.25) is 5.15 Å². The van der Waals surface area contributed by atoms with E-state index in [1.165, 1.54) is 11.3 Å². The number of halogens is 1. The fraction of sp³-hybridized carbons (Fsp3) is 0.192. The fourth-order valence-electron chi connectivity index (χ4n) is 4.05. The zero-order valence-corrected chi connectivity index (χ0v) is 19.5. The molecule has 1 aliphatic heterocycles. The molecular formula is C26H22ClN3O4. The third kappa shape index (κ3) is 4.10. The number of hydrazone groups is 1. The standard InChI is InChI=1S/C26H22ClN3O4/c1-3-33-19-10-11-21-17(13-19)14-20(25(27)28-21)23-15-22(16-6-8-18(32-2)9-7-16)29-30(23)26(31)24-5-4-12-34-24/h4-14,23H,3,15H2,1-2H3/t23-/m1/s1. The molecule has 2 aromatic carbocycles. The number of methoxy groups -OCH3 is 1. The van der Waals surface area contributed by atoms with Crippen molar-refractivity contribution in [1.29, 1.82) is 0 Å². The predicted molar refractivity (Wildman–Crippen MR) is 130 cm³/mol. The fourth-order valence-corrected chi connectivity index (χ4v) is 4.32. The molecule has 0 fully saturated rings. The molecule has 1 aliphatic rings. The van der Waals surface area contributed by atoms with Gasteiger partial charge in [0, 0.05) is 17.4 Å². The summed E-state index contributed by atoms with van der Waals surface area (Å²) in [5, 5.41) is 7.31. The molecule has 7 nitrogen and oxygen atoms in total. The average Bonchev–Trinajstić information content (AvgIpc) is 3.54. The average molecular weight is 476 g/mol. The van der Waals surface area contributed by atoms with Crippen molar-refractivity contribution in [3.63, 3.8) is 0 Å². The Morgan fingerprint density at radius 3 is 2.65 bits per heavy atom. The van der Waals surface area contributed by atoms with Crippen molar-refractivity contribution in [2.45, 2.75) is 19.4 Å². The third-order valence-corrected chi connectivity index (χ3v) is 6.01. The summed E-state index contributed by atoms with van der Waals surface area (Å²) in [5.74, 6) is 1.34. The van der Waals surface area contributed by atoms with Crippen molar-refractivity contribution in [2.24, 2.45) is 5.10 Å². The van der Waals surface area contributed by atoms with Gasteiger partial charge >= 0.3 is 5.91 Å². The Balaban J connectivity index is 1.57. The third-order valence-electron chi connectivity index (χ3n) is 5.71. The molecular weight excluding hydrogens is 454 g/mol. The number of pyridine rings is 1. The first kappa shape index (κ1) is 22.0. The maximum atomic E-state index is 13.3. The van der Waals surface area contributed by atoms with Gasteiger partial charge in [-0.25, -0.2) is 9.99 Å². The topological polar surface area (TPSA) is 77.2 Å². The number of amides is 1. The van der Waals surface area contributed by atoms with Crippen molar-refractivity contribution in [3.8, 4) is 11.5 Å². The first-order valence-corrected chi connectivity index (χ1v) is 11.3. The van der Waals surface area contributed by atoms with Crippen LogP contribution in [0.15, 0.2) is 76.4 Å². The van der Waals surface area contributed by atoms with E-state index in [-0.39, 0.29) is 11.7 Å². The number of benzene rings is 2. The Hall–Kier alpha value is -3.84. The van der Waals surface area contributed by atoms with Crippen LogP contribution in [-0.2, 0) is 0 Å². The highest BCUT2D eigenvalue weighted by atomic mass is 35.5. The number of carbonyl (C=O) groups excluding carboxylic acids is 1. The monoisotopic (exact) mass is 475 g/mol. The van der Waals surface area contributed by atoms with Gasteiger partial charge in [-0.3, -0.25) is 4.79 Å². The van der Waals surface area contributed by atoms with Crippen LogP contribution in [0.3, 0.4) is 0 Å². The summed E-state index contributed by atoms with van der Waals surface area (Å²) in [4.78, 5) is 17.9. The molecule has 0 bridgehead atoms. The second-order valence-corrected chi connectivity index (χ2v) is 8.14. The van der Waals surface area contributed by atoms with Crippen LogP contribution in [0, 0.1) is 0 Å². The molecule has 2 aromatic heterocycles. The predicted octanol–water partition coefficient (Wildman–Crippen LogP) is 5.88. The van der Waals surface area contributed by atoms with E-state index < -0.39 is 6.04 Å². The number of fused-ring (bicyclic) bond motifs is 1. The molecule has 5 rings (SSSR count). The summed E-state index contributed by atoms with van der Waals surface area (Å²) in [5.41, 5.74) is 3.10. The highest BCUT2D eigenvalue weighted by Crippen LogP contribution is 2.38. The minimum Gasteiger partial charge on any atom is -0.497 e. The number of aromatic nitrogens is 1. The lowest BCUT2D eigenvalue weighted by Crippen LogP contribution is -2.27. The molecule has 0 aliphatic carbocycles. The van der Waals surface area contributed by atoms with E-state index in [9.17, 15) is 4.79 Å². The van der Waals surface area contributed by atoms with E-state index in [0.717, 1.165) is 33.7 Å². The lowest BCUT2D eigenvalue weighted by Gasteiger charge is -2.22. The van der Waals surface area contributed by atoms with E-state index in [1.54, 1.807) is 19.2 Å². The number of nitrogens with zero attached hydrogens (tertiary/aromatic N) is 3. The zero-order valence-electron chi connectivity index (χ0n) is 18.7. The first-order chi connectivity index (χ1) is 16.6. The van der Waals surface area contributed by atoms with Crippen LogP contribution < -0.4 is 9.47 Å². The van der Waals surface area contributed by atoms with Gasteiger partial charge in [0.1, 0.15) is 16.7 Å². The molecule has 0 radical (unpaired) electrons. The number of ether oxygens (including phenoxy) is 2. The van der Waals surface area contributed by atoms with Crippen LogP contribution in [0.1, 0.15) is 41.1 Å². The summed E-state index contributed by atoms with van der Waals surface area (Å²) in [7, 11) is 1.62. The summed E-state index contributed by atoms with van der Waals surface area (Å²) >= 11 is 6.64. The highest BCUT2D eigenvalue weighted by Gasteiger charge is 2.36. The molecule has 0 saturated carbocycles. The molecule has 172 valence electrons. The summed E-state index contributed by atoms with van der Waals surface area (Å²) in [6.45, 7) is 2.50. The van der Waals surface area contributed by atoms with Crippen LogP contribution in [0.5, 0.6) is 11.5 Å². The van der Waals surface area contributed by atoms with Crippen molar-refractivity contribution in [2.75, 3.05) is 13.7 Å². The Kier molecular flexibility index (Phi) is 5.94. The number of furan rings is 1. The maximum absolute atomic E-state index is 13.3. The van der Waals surface area contributed by atoms with Gasteiger partial charge in [0.15, 0.2) is 5.76 Å². The normalized spacial score (nSPS) is 15.4. The zero-order chi connectivity index (χ0) is 23.7. The smallest absolute Gasteiger partial charge is 0.310 e. The molecule has 1 amide bonds. The number of carbonyl (C=O) groups is 1. The SMILES string of the molecule is CCOc1ccc2nc(Cl)c([C@H]3CC(c4ccc(OC)cc4)=NN3C(=O)c3ccco3)cc2c1. The van der Waals surface area contributed by atoms with Crippen LogP contribution in [-0.4, -0.2) is 35.3 Å². The summed E-state index contributed by atoms with van der Waals surface area (Å²) in [6.07, 6.45) is 1.93. The minimum atomic E-state index is -0.449. The van der Waals surface area contributed by atoms with Gasteiger partial charge in [-0.1, -0.05) is 11.6 Å². The van der Waals surface area contributed by atoms with Gasteiger partial charge in [0.25, 0.3) is 0 Å². The molecule has 4 aromatic rings. The Labute approximate surface area is 201 Å². The van der Waals surface area contributed by atoms with Gasteiger partial charge in [-0.15, -0.1) is 0 Å². The Bertz CT molecular complexity index is 1370. The molecule has 0 spiro atoms. The van der Waals surface area contributed by atoms with Gasteiger partial charge in [0.05, 0.1) is 37.3 Å². The molecule has 0 N–H and O–H groups in total. The maximum Gasteiger partial charge on any atom is 0.310 e. The summed E-state index contributed by atoms with van der Waals surface area (Å²) < 4.78 is 16.3. The van der Waals surface area contributed by atoms with E-state index in [0.29, 0.717) is 23.7 Å². The number of hydrogen-bond donors (Lipinski definition) is 0. The number of hydrogen-bond acceptors (Lipinski definition) is 6. The van der Waals surface area contributed by atoms with E-state index in [2.05, 4.69) is 10.1 Å². The van der Waals surface area contributed by atoms with Crippen LogP contribution >= 0.6 is 11.6 Å². The van der Waals surface area contributed by atoms with Crippen molar-refractivity contribution in [1.82, 2.24) is 9.99 Å². The van der Waals surface area contributed by atoms with Gasteiger partial charge in [0.2, 0.25) is 0 Å². The van der Waals surface area contributed by atoms with E-state index in [1.807, 2.05) is 55.5 Å². The second-order valence-electron chi connectivity index (χ2n) is 7.78. The largest absolute Gasteiger partial charge is 0.497 e. The van der Waals surface area contributed by atoms with Crippen LogP contribution in [0.4, 0.5) is 0 Å². The quantitative estimate of drug-likeness (QED) is 0.325. The highest BCUT2D eigenvalue weighted by molar-refractivity contribution is 6.30. The van der Waals surface area contributed by atoms with E-state index >= 15 is 0 Å². The van der Waals surface area contributed by atoms with Crippen LogP contribution in [0.25, 0.3) is 10.9 Å². The van der Waals surface area contributed by atoms with Gasteiger partial charge in [-0.2, -0.15) is 5.10 Å². The lowest BCUT2D eigenvalue weighted by molar-refractivity contribution is 0.0678. The lowest BCUT2D eigenvalue weighted by atomic mass is 9.98. The van der Waals surface area contributed by atoms with E-state index in [4.69, 9.17) is 25.5 Å². The van der Waals surface area contributed by atoms with Crippen molar-refractivity contribution < 1.29 is 18.7 Å². The minimum absolute atomic E-state index is 0.202. The molecule has 3 heterocycles. The molecule has 34 heavy (non-hydrogen) atoms. The molecule has 0 unspecified atom stereocenters. The van der Waals surface area contributed by atoms with Crippen molar-refractivity contribution in [3.05, 3.63) is 89.0 Å². The second kappa shape index (κ2) is 9.19. The Morgan fingerprint density at radius 1 is 1.15 bits per heavy atom. The molecule has 0 saturated heterocycles. The number of rotatable bonds is 6. The Morgan fingerprint density at radius 2 is 1.94 bits per heavy atom. The van der Waals surface area contributed by atoms with Crippen molar-refractivity contribution >= 4 is 34.1 Å².